The topological polar surface area (TPSA) is 29.9 Å². The van der Waals surface area contributed by atoms with Crippen molar-refractivity contribution in [2.75, 3.05) is 6.54 Å². The van der Waals surface area contributed by atoms with Crippen LogP contribution in [0.25, 0.3) is 0 Å². The van der Waals surface area contributed by atoms with Gasteiger partial charge in [-0.15, -0.1) is 11.3 Å². The van der Waals surface area contributed by atoms with E-state index in [-0.39, 0.29) is 0 Å². The van der Waals surface area contributed by atoms with Gasteiger partial charge in [0.1, 0.15) is 0 Å². The van der Waals surface area contributed by atoms with Crippen LogP contribution < -0.4 is 5.32 Å². The fourth-order valence-corrected chi connectivity index (χ4v) is 3.01. The lowest BCUT2D eigenvalue weighted by Crippen LogP contribution is -2.12. The first-order chi connectivity index (χ1) is 9.90. The maximum absolute atomic E-state index is 12.5. The summed E-state index contributed by atoms with van der Waals surface area (Å²) in [5.74, 6) is 0. The Hall–Kier alpha value is -1.34. The first-order valence-electron chi connectivity index (χ1n) is 6.78. The van der Waals surface area contributed by atoms with Gasteiger partial charge in [0.05, 0.1) is 18.3 Å². The highest BCUT2D eigenvalue weighted by molar-refractivity contribution is 7.12. The smallest absolute Gasteiger partial charge is 0.312 e. The van der Waals surface area contributed by atoms with Crippen molar-refractivity contribution in [1.82, 2.24) is 15.1 Å². The monoisotopic (exact) mass is 317 g/mol. The number of hydrogen-bond acceptors (Lipinski definition) is 3. The number of rotatable bonds is 6. The molecule has 21 heavy (non-hydrogen) atoms. The maximum atomic E-state index is 12.5. The van der Waals surface area contributed by atoms with E-state index in [9.17, 15) is 13.2 Å². The van der Waals surface area contributed by atoms with Gasteiger partial charge < -0.3 is 5.32 Å². The van der Waals surface area contributed by atoms with Crippen LogP contribution in [-0.2, 0) is 19.3 Å². The second-order valence-electron chi connectivity index (χ2n) is 4.90. The molecule has 0 saturated heterocycles. The minimum Gasteiger partial charge on any atom is -0.312 e. The van der Waals surface area contributed by atoms with Gasteiger partial charge in [0, 0.05) is 22.5 Å². The second-order valence-corrected chi connectivity index (χ2v) is 6.24. The molecule has 0 fully saturated rings. The number of nitrogens with zero attached hydrogens (tertiary/aromatic N) is 2. The van der Waals surface area contributed by atoms with Crippen molar-refractivity contribution in [3.8, 4) is 0 Å². The third-order valence-electron chi connectivity index (χ3n) is 3.09. The Morgan fingerprint density at radius 2 is 2.14 bits per heavy atom. The van der Waals surface area contributed by atoms with E-state index in [0.29, 0.717) is 6.54 Å². The standard InChI is InChI=1S/C14H18F3N3S/c1-3-4-18-7-13-5-11(10(2)21-13)8-20-9-12(6-19-20)14(15,16)17/h5-6,9,18H,3-4,7-8H2,1-2H3. The van der Waals surface area contributed by atoms with Gasteiger partial charge in [-0.05, 0) is 31.5 Å². The Bertz CT molecular complexity index is 587. The van der Waals surface area contributed by atoms with Crippen molar-refractivity contribution in [2.24, 2.45) is 0 Å². The number of alkyl halides is 3. The fourth-order valence-electron chi connectivity index (χ4n) is 1.99. The zero-order valence-corrected chi connectivity index (χ0v) is 12.8. The van der Waals surface area contributed by atoms with Crippen molar-refractivity contribution >= 4 is 11.3 Å². The van der Waals surface area contributed by atoms with E-state index >= 15 is 0 Å². The lowest BCUT2D eigenvalue weighted by atomic mass is 10.2. The molecule has 116 valence electrons. The molecule has 0 saturated carbocycles. The van der Waals surface area contributed by atoms with Crippen LogP contribution in [0.2, 0.25) is 0 Å². The van der Waals surface area contributed by atoms with E-state index in [1.807, 2.05) is 13.0 Å². The molecule has 0 bridgehead atoms. The van der Waals surface area contributed by atoms with Crippen LogP contribution in [0, 0.1) is 6.92 Å². The average Bonchev–Trinajstić information content (AvgIpc) is 2.98. The first-order valence-corrected chi connectivity index (χ1v) is 7.60. The molecule has 0 amide bonds. The molecule has 0 aromatic carbocycles. The van der Waals surface area contributed by atoms with Crippen molar-refractivity contribution in [2.45, 2.75) is 39.5 Å². The highest BCUT2D eigenvalue weighted by Gasteiger charge is 2.32. The summed E-state index contributed by atoms with van der Waals surface area (Å²) in [7, 11) is 0. The third kappa shape index (κ3) is 4.31. The fraction of sp³-hybridized carbons (Fsp3) is 0.500. The normalized spacial score (nSPS) is 12.0. The van der Waals surface area contributed by atoms with Crippen LogP contribution in [0.4, 0.5) is 13.2 Å². The summed E-state index contributed by atoms with van der Waals surface area (Å²) < 4.78 is 38.9. The van der Waals surface area contributed by atoms with Crippen LogP contribution in [0.3, 0.4) is 0 Å². The molecule has 2 aromatic heterocycles. The lowest BCUT2D eigenvalue weighted by Gasteiger charge is -2.02. The third-order valence-corrected chi connectivity index (χ3v) is 4.18. The highest BCUT2D eigenvalue weighted by Crippen LogP contribution is 2.29. The molecule has 0 aliphatic rings. The Kier molecular flexibility index (Phi) is 5.05. The van der Waals surface area contributed by atoms with E-state index in [4.69, 9.17) is 0 Å². The SMILES string of the molecule is CCCNCc1cc(Cn2cc(C(F)(F)F)cn2)c(C)s1. The van der Waals surface area contributed by atoms with Gasteiger partial charge in [0.25, 0.3) is 0 Å². The molecule has 0 aliphatic carbocycles. The average molecular weight is 317 g/mol. The predicted molar refractivity (Wildman–Crippen MR) is 77.4 cm³/mol. The van der Waals surface area contributed by atoms with E-state index < -0.39 is 11.7 Å². The zero-order valence-electron chi connectivity index (χ0n) is 12.0. The Balaban J connectivity index is 2.04. The highest BCUT2D eigenvalue weighted by atomic mass is 32.1. The van der Waals surface area contributed by atoms with E-state index in [0.717, 1.165) is 42.3 Å². The van der Waals surface area contributed by atoms with E-state index in [2.05, 4.69) is 17.3 Å². The Morgan fingerprint density at radius 3 is 2.76 bits per heavy atom. The van der Waals surface area contributed by atoms with Crippen LogP contribution >= 0.6 is 11.3 Å². The lowest BCUT2D eigenvalue weighted by molar-refractivity contribution is -0.137. The number of hydrogen-bond donors (Lipinski definition) is 1. The molecular weight excluding hydrogens is 299 g/mol. The van der Waals surface area contributed by atoms with Crippen LogP contribution in [0.15, 0.2) is 18.5 Å². The molecular formula is C14H18F3N3S. The molecule has 0 aliphatic heterocycles. The summed E-state index contributed by atoms with van der Waals surface area (Å²) in [6, 6.07) is 2.04. The van der Waals surface area contributed by atoms with Crippen LogP contribution in [0.1, 0.15) is 34.2 Å². The number of aryl methyl sites for hydroxylation is 1. The summed E-state index contributed by atoms with van der Waals surface area (Å²) in [6.07, 6.45) is -1.35. The van der Waals surface area contributed by atoms with Gasteiger partial charge in [0.2, 0.25) is 0 Å². The number of nitrogens with one attached hydrogen (secondary N) is 1. The van der Waals surface area contributed by atoms with Crippen LogP contribution in [0.5, 0.6) is 0 Å². The molecule has 0 radical (unpaired) electrons. The summed E-state index contributed by atoms with van der Waals surface area (Å²) in [5.41, 5.74) is 0.311. The van der Waals surface area contributed by atoms with Gasteiger partial charge >= 0.3 is 6.18 Å². The zero-order chi connectivity index (χ0) is 15.5. The molecule has 2 rings (SSSR count). The number of halogens is 3. The maximum Gasteiger partial charge on any atom is 0.419 e. The van der Waals surface area contributed by atoms with Crippen molar-refractivity contribution in [3.05, 3.63) is 39.3 Å². The molecule has 0 unspecified atom stereocenters. The van der Waals surface area contributed by atoms with Crippen molar-refractivity contribution in [1.29, 1.82) is 0 Å². The largest absolute Gasteiger partial charge is 0.419 e. The molecule has 3 nitrogen and oxygen atoms in total. The number of aromatic nitrogens is 2. The predicted octanol–water partition coefficient (Wildman–Crippen LogP) is 3.82. The minimum atomic E-state index is -4.34. The van der Waals surface area contributed by atoms with Gasteiger partial charge in [-0.1, -0.05) is 6.92 Å². The molecule has 7 heteroatoms. The summed E-state index contributed by atoms with van der Waals surface area (Å²) in [5, 5.41) is 7.11. The second kappa shape index (κ2) is 6.62. The summed E-state index contributed by atoms with van der Waals surface area (Å²) >= 11 is 1.67. The van der Waals surface area contributed by atoms with Gasteiger partial charge in [-0.25, -0.2) is 0 Å². The molecule has 0 spiro atoms. The minimum absolute atomic E-state index is 0.367. The van der Waals surface area contributed by atoms with Crippen molar-refractivity contribution in [3.63, 3.8) is 0 Å². The summed E-state index contributed by atoms with van der Waals surface area (Å²) in [6.45, 7) is 6.21. The first kappa shape index (κ1) is 16.0. The van der Waals surface area contributed by atoms with E-state index in [1.54, 1.807) is 11.3 Å². The van der Waals surface area contributed by atoms with E-state index in [1.165, 1.54) is 9.56 Å². The Labute approximate surface area is 125 Å². The van der Waals surface area contributed by atoms with Gasteiger partial charge in [0.15, 0.2) is 0 Å². The summed E-state index contributed by atoms with van der Waals surface area (Å²) in [4.78, 5) is 2.31. The van der Waals surface area contributed by atoms with Gasteiger partial charge in [-0.2, -0.15) is 18.3 Å². The van der Waals surface area contributed by atoms with Crippen LogP contribution in [-0.4, -0.2) is 16.3 Å². The molecule has 1 N–H and O–H groups in total. The Morgan fingerprint density at radius 1 is 1.38 bits per heavy atom. The molecule has 0 atom stereocenters. The molecule has 2 heterocycles. The number of thiophene rings is 1. The quantitative estimate of drug-likeness (QED) is 0.821. The van der Waals surface area contributed by atoms with Gasteiger partial charge in [-0.3, -0.25) is 4.68 Å². The molecule has 2 aromatic rings. The van der Waals surface area contributed by atoms with Crippen molar-refractivity contribution < 1.29 is 13.2 Å².